The zero-order valence-corrected chi connectivity index (χ0v) is 15.2. The van der Waals surface area contributed by atoms with Gasteiger partial charge in [-0.05, 0) is 24.6 Å². The number of hydrogen-bond donors (Lipinski definition) is 2. The van der Waals surface area contributed by atoms with E-state index in [2.05, 4.69) is 22.5 Å². The van der Waals surface area contributed by atoms with Crippen molar-refractivity contribution < 1.29 is 14.3 Å². The Morgan fingerprint density at radius 2 is 1.65 bits per heavy atom. The van der Waals surface area contributed by atoms with Crippen LogP contribution >= 0.6 is 0 Å². The van der Waals surface area contributed by atoms with Crippen LogP contribution in [0.15, 0.2) is 42.5 Å². The summed E-state index contributed by atoms with van der Waals surface area (Å²) in [6.45, 7) is 3.03. The molecular weight excluding hydrogens is 330 g/mol. The fraction of sp³-hybridized carbons (Fsp3) is 0.350. The molecule has 2 N–H and O–H groups in total. The first-order valence-corrected chi connectivity index (χ1v) is 8.81. The van der Waals surface area contributed by atoms with E-state index in [-0.39, 0.29) is 23.2 Å². The van der Waals surface area contributed by atoms with Gasteiger partial charge in [-0.2, -0.15) is 0 Å². The third kappa shape index (κ3) is 5.58. The molecule has 0 saturated heterocycles. The van der Waals surface area contributed by atoms with Crippen molar-refractivity contribution in [2.24, 2.45) is 0 Å². The predicted octanol–water partition coefficient (Wildman–Crippen LogP) is 2.94. The molecule has 1 aromatic heterocycles. The number of pyridine rings is 1. The Labute approximate surface area is 154 Å². The molecule has 6 nitrogen and oxygen atoms in total. The van der Waals surface area contributed by atoms with Crippen molar-refractivity contribution in [2.75, 3.05) is 13.7 Å². The van der Waals surface area contributed by atoms with Gasteiger partial charge in [0.1, 0.15) is 17.1 Å². The second kappa shape index (κ2) is 10.2. The van der Waals surface area contributed by atoms with Gasteiger partial charge >= 0.3 is 0 Å². The maximum absolute atomic E-state index is 12.3. The number of benzene rings is 1. The second-order valence-corrected chi connectivity index (χ2v) is 5.87. The summed E-state index contributed by atoms with van der Waals surface area (Å²) in [6.07, 6.45) is 3.09. The first-order valence-electron chi connectivity index (χ1n) is 8.81. The summed E-state index contributed by atoms with van der Waals surface area (Å²) in [7, 11) is 1.59. The van der Waals surface area contributed by atoms with Crippen molar-refractivity contribution in [2.45, 2.75) is 32.7 Å². The number of nitrogens with zero attached hydrogens (tertiary/aromatic N) is 1. The summed E-state index contributed by atoms with van der Waals surface area (Å²) in [6, 6.07) is 12.3. The van der Waals surface area contributed by atoms with E-state index in [0.29, 0.717) is 18.8 Å². The molecule has 1 heterocycles. The number of amides is 2. The molecule has 0 atom stereocenters. The lowest BCUT2D eigenvalue weighted by molar-refractivity contribution is 0.0942. The topological polar surface area (TPSA) is 80.3 Å². The largest absolute Gasteiger partial charge is 0.496 e. The summed E-state index contributed by atoms with van der Waals surface area (Å²) >= 11 is 0. The van der Waals surface area contributed by atoms with E-state index in [1.54, 1.807) is 25.3 Å². The number of aromatic nitrogens is 1. The molecule has 0 fully saturated rings. The summed E-state index contributed by atoms with van der Waals surface area (Å²) < 4.78 is 5.27. The summed E-state index contributed by atoms with van der Waals surface area (Å²) in [4.78, 5) is 28.6. The van der Waals surface area contributed by atoms with Crippen LogP contribution in [0.2, 0.25) is 0 Å². The number of nitrogens with one attached hydrogen (secondary N) is 2. The quantitative estimate of drug-likeness (QED) is 0.678. The Hall–Kier alpha value is -2.89. The lowest BCUT2D eigenvalue weighted by Gasteiger charge is -2.10. The van der Waals surface area contributed by atoms with Crippen LogP contribution in [0.5, 0.6) is 5.75 Å². The highest BCUT2D eigenvalue weighted by Gasteiger charge is 2.12. The lowest BCUT2D eigenvalue weighted by Crippen LogP contribution is -2.28. The average Bonchev–Trinajstić information content (AvgIpc) is 2.69. The fourth-order valence-corrected chi connectivity index (χ4v) is 2.47. The standard InChI is InChI=1S/C20H25N3O3/c1-3-4-7-13-21-19(24)16-10-8-11-17(23-16)20(25)22-14-15-9-5-6-12-18(15)26-2/h5-6,8-12H,3-4,7,13-14H2,1-2H3,(H,21,24)(H,22,25). The number of carbonyl (C=O) groups excluding carboxylic acids is 2. The zero-order valence-electron chi connectivity index (χ0n) is 15.2. The lowest BCUT2D eigenvalue weighted by atomic mass is 10.2. The van der Waals surface area contributed by atoms with E-state index in [0.717, 1.165) is 24.8 Å². The summed E-state index contributed by atoms with van der Waals surface area (Å²) in [5.41, 5.74) is 1.32. The Kier molecular flexibility index (Phi) is 7.61. The number of methoxy groups -OCH3 is 1. The smallest absolute Gasteiger partial charge is 0.270 e. The minimum absolute atomic E-state index is 0.209. The van der Waals surface area contributed by atoms with Gasteiger partial charge in [-0.15, -0.1) is 0 Å². The molecule has 0 aliphatic carbocycles. The van der Waals surface area contributed by atoms with E-state index in [1.165, 1.54) is 0 Å². The molecule has 1 aromatic carbocycles. The SMILES string of the molecule is CCCCCNC(=O)c1cccc(C(=O)NCc2ccccc2OC)n1. The number of rotatable bonds is 9. The molecule has 0 aliphatic rings. The molecular formula is C20H25N3O3. The normalized spacial score (nSPS) is 10.2. The van der Waals surface area contributed by atoms with Crippen LogP contribution in [0.1, 0.15) is 52.7 Å². The minimum Gasteiger partial charge on any atom is -0.496 e. The molecule has 2 amide bonds. The van der Waals surface area contributed by atoms with Crippen molar-refractivity contribution in [3.05, 3.63) is 59.4 Å². The van der Waals surface area contributed by atoms with Gasteiger partial charge in [0.2, 0.25) is 0 Å². The highest BCUT2D eigenvalue weighted by atomic mass is 16.5. The number of para-hydroxylation sites is 1. The fourth-order valence-electron chi connectivity index (χ4n) is 2.47. The van der Waals surface area contributed by atoms with E-state index in [1.807, 2.05) is 24.3 Å². The Morgan fingerprint density at radius 3 is 2.35 bits per heavy atom. The first-order chi connectivity index (χ1) is 12.7. The third-order valence-electron chi connectivity index (χ3n) is 3.91. The summed E-state index contributed by atoms with van der Waals surface area (Å²) in [5.74, 6) is 0.109. The van der Waals surface area contributed by atoms with Crippen LogP contribution in [0.25, 0.3) is 0 Å². The minimum atomic E-state index is -0.337. The van der Waals surface area contributed by atoms with Crippen LogP contribution < -0.4 is 15.4 Å². The van der Waals surface area contributed by atoms with Crippen LogP contribution in [0.4, 0.5) is 0 Å². The van der Waals surface area contributed by atoms with Crippen molar-refractivity contribution in [3.63, 3.8) is 0 Å². The van der Waals surface area contributed by atoms with Gasteiger partial charge < -0.3 is 15.4 Å². The Balaban J connectivity index is 1.96. The average molecular weight is 355 g/mol. The molecule has 6 heteroatoms. The highest BCUT2D eigenvalue weighted by Crippen LogP contribution is 2.16. The van der Waals surface area contributed by atoms with Gasteiger partial charge in [-0.1, -0.05) is 44.0 Å². The molecule has 0 unspecified atom stereocenters. The maximum atomic E-state index is 12.3. The second-order valence-electron chi connectivity index (χ2n) is 5.87. The van der Waals surface area contributed by atoms with Crippen LogP contribution in [0, 0.1) is 0 Å². The van der Waals surface area contributed by atoms with Gasteiger partial charge in [0.15, 0.2) is 0 Å². The van der Waals surface area contributed by atoms with E-state index in [4.69, 9.17) is 4.74 Å². The number of ether oxygens (including phenoxy) is 1. The monoisotopic (exact) mass is 355 g/mol. The molecule has 2 aromatic rings. The highest BCUT2D eigenvalue weighted by molar-refractivity contribution is 5.96. The van der Waals surface area contributed by atoms with Gasteiger partial charge in [0, 0.05) is 18.7 Å². The maximum Gasteiger partial charge on any atom is 0.270 e. The van der Waals surface area contributed by atoms with Crippen molar-refractivity contribution >= 4 is 11.8 Å². The third-order valence-corrected chi connectivity index (χ3v) is 3.91. The van der Waals surface area contributed by atoms with Gasteiger partial charge in [0.05, 0.1) is 7.11 Å². The first kappa shape index (κ1) is 19.4. The van der Waals surface area contributed by atoms with E-state index in [9.17, 15) is 9.59 Å². The molecule has 0 radical (unpaired) electrons. The van der Waals surface area contributed by atoms with E-state index >= 15 is 0 Å². The number of unbranched alkanes of at least 4 members (excludes halogenated alkanes) is 2. The predicted molar refractivity (Wildman–Crippen MR) is 100 cm³/mol. The van der Waals surface area contributed by atoms with Crippen LogP contribution in [0.3, 0.4) is 0 Å². The van der Waals surface area contributed by atoms with Gasteiger partial charge in [-0.25, -0.2) is 4.98 Å². The van der Waals surface area contributed by atoms with Crippen molar-refractivity contribution in [1.29, 1.82) is 0 Å². The molecule has 2 rings (SSSR count). The zero-order chi connectivity index (χ0) is 18.8. The molecule has 138 valence electrons. The Morgan fingerprint density at radius 1 is 0.962 bits per heavy atom. The van der Waals surface area contributed by atoms with Crippen LogP contribution in [-0.4, -0.2) is 30.5 Å². The molecule has 0 spiro atoms. The van der Waals surface area contributed by atoms with Crippen LogP contribution in [-0.2, 0) is 6.54 Å². The molecule has 0 aliphatic heterocycles. The van der Waals surface area contributed by atoms with E-state index < -0.39 is 0 Å². The number of hydrogen-bond acceptors (Lipinski definition) is 4. The molecule has 26 heavy (non-hydrogen) atoms. The van der Waals surface area contributed by atoms with Gasteiger partial charge in [0.25, 0.3) is 11.8 Å². The molecule has 0 bridgehead atoms. The van der Waals surface area contributed by atoms with Gasteiger partial charge in [-0.3, -0.25) is 9.59 Å². The Bertz CT molecular complexity index is 747. The van der Waals surface area contributed by atoms with Crippen molar-refractivity contribution in [1.82, 2.24) is 15.6 Å². The van der Waals surface area contributed by atoms with Crippen molar-refractivity contribution in [3.8, 4) is 5.75 Å². The molecule has 0 saturated carbocycles. The number of carbonyl (C=O) groups is 2. The summed E-state index contributed by atoms with van der Waals surface area (Å²) in [5, 5.41) is 5.63.